The molecule has 1 aromatic rings. The minimum absolute atomic E-state index is 0.106. The van der Waals surface area contributed by atoms with Gasteiger partial charge in [-0.15, -0.1) is 0 Å². The maximum atomic E-state index is 13.4. The Labute approximate surface area is 113 Å². The highest BCUT2D eigenvalue weighted by Gasteiger charge is 2.53. The van der Waals surface area contributed by atoms with E-state index in [0.29, 0.717) is 12.5 Å². The van der Waals surface area contributed by atoms with E-state index in [4.69, 9.17) is 4.74 Å². The van der Waals surface area contributed by atoms with Crippen molar-refractivity contribution >= 4 is 0 Å². The zero-order valence-electron chi connectivity index (χ0n) is 11.5. The summed E-state index contributed by atoms with van der Waals surface area (Å²) in [6, 6.07) is 3.87. The van der Waals surface area contributed by atoms with E-state index in [-0.39, 0.29) is 5.41 Å². The van der Waals surface area contributed by atoms with Crippen molar-refractivity contribution in [3.05, 3.63) is 35.4 Å². The molecule has 2 rings (SSSR count). The van der Waals surface area contributed by atoms with E-state index in [1.165, 1.54) is 12.1 Å². The molecule has 1 aliphatic carbocycles. The van der Waals surface area contributed by atoms with Gasteiger partial charge in [-0.2, -0.15) is 0 Å². The summed E-state index contributed by atoms with van der Waals surface area (Å²) in [4.78, 5) is 0. The second-order valence-corrected chi connectivity index (χ2v) is 5.29. The van der Waals surface area contributed by atoms with Crippen LogP contribution in [0.5, 0.6) is 0 Å². The molecule has 0 bridgehead atoms. The lowest BCUT2D eigenvalue weighted by Gasteiger charge is -2.19. The largest absolute Gasteiger partial charge is 0.383 e. The van der Waals surface area contributed by atoms with Crippen LogP contribution >= 0.6 is 0 Å². The van der Waals surface area contributed by atoms with Gasteiger partial charge in [0.1, 0.15) is 11.6 Å². The van der Waals surface area contributed by atoms with Crippen molar-refractivity contribution in [2.45, 2.75) is 25.2 Å². The first-order valence-electron chi connectivity index (χ1n) is 6.78. The number of hydrogen-bond donors (Lipinski definition) is 1. The lowest BCUT2D eigenvalue weighted by Crippen LogP contribution is -2.31. The summed E-state index contributed by atoms with van der Waals surface area (Å²) in [5.41, 5.74) is 0.674. The van der Waals surface area contributed by atoms with E-state index in [0.717, 1.165) is 37.6 Å². The van der Waals surface area contributed by atoms with Crippen LogP contribution in [0.25, 0.3) is 0 Å². The lowest BCUT2D eigenvalue weighted by atomic mass is 9.92. The predicted molar refractivity (Wildman–Crippen MR) is 71.2 cm³/mol. The lowest BCUT2D eigenvalue weighted by molar-refractivity contribution is 0.198. The van der Waals surface area contributed by atoms with Gasteiger partial charge >= 0.3 is 0 Å². The second-order valence-electron chi connectivity index (χ2n) is 5.29. The standard InChI is InChI=1S/C15H21F2NO/c1-3-11-9-15(11,10-18-4-5-19-2)12-6-13(16)8-14(17)7-12/h6-8,11,18H,3-5,9-10H2,1-2H3. The van der Waals surface area contributed by atoms with Crippen LogP contribution in [0.3, 0.4) is 0 Å². The molecule has 19 heavy (non-hydrogen) atoms. The van der Waals surface area contributed by atoms with Crippen molar-refractivity contribution in [1.82, 2.24) is 5.32 Å². The Bertz CT molecular complexity index is 418. The molecule has 1 fully saturated rings. The second kappa shape index (κ2) is 5.97. The summed E-state index contributed by atoms with van der Waals surface area (Å²) in [6.45, 7) is 4.27. The fourth-order valence-electron chi connectivity index (χ4n) is 2.91. The molecule has 0 heterocycles. The molecule has 1 saturated carbocycles. The van der Waals surface area contributed by atoms with Gasteiger partial charge in [0.2, 0.25) is 0 Å². The Hall–Kier alpha value is -1.00. The smallest absolute Gasteiger partial charge is 0.126 e. The highest BCUT2D eigenvalue weighted by molar-refractivity contribution is 5.35. The van der Waals surface area contributed by atoms with Crippen LogP contribution < -0.4 is 5.32 Å². The molecule has 4 heteroatoms. The molecule has 1 aliphatic rings. The third kappa shape index (κ3) is 3.12. The normalized spacial score (nSPS) is 25.6. The van der Waals surface area contributed by atoms with E-state index in [1.54, 1.807) is 7.11 Å². The predicted octanol–water partition coefficient (Wildman–Crippen LogP) is 2.87. The summed E-state index contributed by atoms with van der Waals surface area (Å²) in [6.07, 6.45) is 2.02. The Balaban J connectivity index is 2.11. The molecule has 1 N–H and O–H groups in total. The first kappa shape index (κ1) is 14.4. The molecule has 0 saturated heterocycles. The van der Waals surface area contributed by atoms with Crippen molar-refractivity contribution in [2.75, 3.05) is 26.8 Å². The van der Waals surface area contributed by atoms with Crippen LogP contribution in [-0.2, 0) is 10.2 Å². The third-order valence-corrected chi connectivity index (χ3v) is 4.09. The number of ether oxygens (including phenoxy) is 1. The van der Waals surface area contributed by atoms with E-state index in [1.807, 2.05) is 0 Å². The molecule has 2 unspecified atom stereocenters. The van der Waals surface area contributed by atoms with E-state index < -0.39 is 11.6 Å². The van der Waals surface area contributed by atoms with Crippen LogP contribution in [0.4, 0.5) is 8.78 Å². The summed E-state index contributed by atoms with van der Waals surface area (Å²) < 4.78 is 31.8. The van der Waals surface area contributed by atoms with Crippen molar-refractivity contribution in [3.63, 3.8) is 0 Å². The van der Waals surface area contributed by atoms with Gasteiger partial charge in [0.25, 0.3) is 0 Å². The third-order valence-electron chi connectivity index (χ3n) is 4.09. The highest BCUT2D eigenvalue weighted by Crippen LogP contribution is 2.55. The van der Waals surface area contributed by atoms with Gasteiger partial charge in [-0.25, -0.2) is 8.78 Å². The van der Waals surface area contributed by atoms with Crippen molar-refractivity contribution < 1.29 is 13.5 Å². The van der Waals surface area contributed by atoms with E-state index >= 15 is 0 Å². The van der Waals surface area contributed by atoms with Crippen molar-refractivity contribution in [1.29, 1.82) is 0 Å². The molecule has 0 aliphatic heterocycles. The molecular formula is C15H21F2NO. The Morgan fingerprint density at radius 1 is 1.32 bits per heavy atom. The number of halogens is 2. The van der Waals surface area contributed by atoms with E-state index in [2.05, 4.69) is 12.2 Å². The Morgan fingerprint density at radius 3 is 2.53 bits per heavy atom. The zero-order valence-corrected chi connectivity index (χ0v) is 11.5. The van der Waals surface area contributed by atoms with Crippen LogP contribution in [0.1, 0.15) is 25.3 Å². The zero-order chi connectivity index (χ0) is 13.9. The SMILES string of the molecule is CCC1CC1(CNCCOC)c1cc(F)cc(F)c1. The Morgan fingerprint density at radius 2 is 2.00 bits per heavy atom. The number of benzene rings is 1. The summed E-state index contributed by atoms with van der Waals surface area (Å²) in [5, 5.41) is 3.32. The molecule has 0 radical (unpaired) electrons. The summed E-state index contributed by atoms with van der Waals surface area (Å²) in [5.74, 6) is -0.482. The molecule has 1 aromatic carbocycles. The van der Waals surface area contributed by atoms with Crippen LogP contribution in [0.15, 0.2) is 18.2 Å². The minimum atomic E-state index is -0.493. The molecule has 106 valence electrons. The Kier molecular flexibility index (Phi) is 4.53. The first-order valence-corrected chi connectivity index (χ1v) is 6.78. The number of methoxy groups -OCH3 is 1. The maximum absolute atomic E-state index is 13.4. The molecule has 0 aromatic heterocycles. The van der Waals surface area contributed by atoms with Gasteiger partial charge in [-0.3, -0.25) is 0 Å². The molecule has 0 spiro atoms. The summed E-state index contributed by atoms with van der Waals surface area (Å²) >= 11 is 0. The van der Waals surface area contributed by atoms with Gasteiger partial charge in [-0.1, -0.05) is 13.3 Å². The number of rotatable bonds is 7. The fraction of sp³-hybridized carbons (Fsp3) is 0.600. The highest BCUT2D eigenvalue weighted by atomic mass is 19.1. The average molecular weight is 269 g/mol. The van der Waals surface area contributed by atoms with Gasteiger partial charge in [-0.05, 0) is 30.0 Å². The first-order chi connectivity index (χ1) is 9.12. The number of hydrogen-bond acceptors (Lipinski definition) is 2. The van der Waals surface area contributed by atoms with E-state index in [9.17, 15) is 8.78 Å². The number of nitrogens with one attached hydrogen (secondary N) is 1. The van der Waals surface area contributed by atoms with Crippen molar-refractivity contribution in [3.8, 4) is 0 Å². The quantitative estimate of drug-likeness (QED) is 0.769. The molecular weight excluding hydrogens is 248 g/mol. The average Bonchev–Trinajstić information content (AvgIpc) is 3.09. The molecule has 0 amide bonds. The van der Waals surface area contributed by atoms with Crippen LogP contribution in [0, 0.1) is 17.6 Å². The van der Waals surface area contributed by atoms with Crippen LogP contribution in [-0.4, -0.2) is 26.8 Å². The molecule has 2 atom stereocenters. The topological polar surface area (TPSA) is 21.3 Å². The van der Waals surface area contributed by atoms with Crippen LogP contribution in [0.2, 0.25) is 0 Å². The fourth-order valence-corrected chi connectivity index (χ4v) is 2.91. The van der Waals surface area contributed by atoms with Gasteiger partial charge in [0.15, 0.2) is 0 Å². The van der Waals surface area contributed by atoms with Gasteiger partial charge in [0, 0.05) is 31.7 Å². The minimum Gasteiger partial charge on any atom is -0.383 e. The molecule has 2 nitrogen and oxygen atoms in total. The summed E-state index contributed by atoms with van der Waals surface area (Å²) in [7, 11) is 1.66. The van der Waals surface area contributed by atoms with Gasteiger partial charge < -0.3 is 10.1 Å². The van der Waals surface area contributed by atoms with Crippen molar-refractivity contribution in [2.24, 2.45) is 5.92 Å². The monoisotopic (exact) mass is 269 g/mol. The van der Waals surface area contributed by atoms with Gasteiger partial charge in [0.05, 0.1) is 6.61 Å². The maximum Gasteiger partial charge on any atom is 0.126 e.